The average molecular weight is 344 g/mol. The van der Waals surface area contributed by atoms with E-state index in [2.05, 4.69) is 9.55 Å². The van der Waals surface area contributed by atoms with E-state index in [4.69, 9.17) is 16.3 Å². The Labute approximate surface area is 145 Å². The molecule has 1 saturated heterocycles. The van der Waals surface area contributed by atoms with Gasteiger partial charge in [-0.3, -0.25) is 4.79 Å². The second-order valence-corrected chi connectivity index (χ2v) is 6.63. The Morgan fingerprint density at radius 1 is 1.38 bits per heavy atom. The molecule has 1 unspecified atom stereocenters. The van der Waals surface area contributed by atoms with Gasteiger partial charge in [-0.25, -0.2) is 4.98 Å². The highest BCUT2D eigenvalue weighted by Gasteiger charge is 2.28. The molecule has 1 fully saturated rings. The van der Waals surface area contributed by atoms with Crippen molar-refractivity contribution in [2.45, 2.75) is 18.9 Å². The van der Waals surface area contributed by atoms with Crippen LogP contribution in [0.4, 0.5) is 0 Å². The Bertz CT molecular complexity index is 786. The number of likely N-dealkylation sites (tertiary alicyclic amines) is 1. The molecule has 1 aromatic heterocycles. The van der Waals surface area contributed by atoms with Crippen LogP contribution in [0, 0.1) is 0 Å². The summed E-state index contributed by atoms with van der Waals surface area (Å²) < 4.78 is 7.80. The molecule has 0 bridgehead atoms. The maximum Gasteiger partial charge on any atom is 0.253 e. The first kappa shape index (κ1) is 15.3. The van der Waals surface area contributed by atoms with Crippen molar-refractivity contribution in [2.24, 2.45) is 0 Å². The third-order valence-corrected chi connectivity index (χ3v) is 4.82. The van der Waals surface area contributed by atoms with Crippen LogP contribution in [-0.4, -0.2) is 40.1 Å². The van der Waals surface area contributed by atoms with Crippen molar-refractivity contribution in [3.05, 3.63) is 53.1 Å². The zero-order valence-electron chi connectivity index (χ0n) is 13.2. The Balaban J connectivity index is 1.53. The van der Waals surface area contributed by atoms with Crippen LogP contribution in [0.5, 0.6) is 5.75 Å². The number of hydrogen-bond acceptors (Lipinski definition) is 3. The Kier molecular flexibility index (Phi) is 4.02. The van der Waals surface area contributed by atoms with Gasteiger partial charge >= 0.3 is 0 Å². The molecule has 0 radical (unpaired) electrons. The normalized spacial score (nSPS) is 20.1. The fraction of sp³-hybridized carbons (Fsp3) is 0.333. The molecule has 1 atom stereocenters. The molecular formula is C18H18ClN3O2. The fourth-order valence-electron chi connectivity index (χ4n) is 3.34. The van der Waals surface area contributed by atoms with E-state index in [0.717, 1.165) is 30.7 Å². The van der Waals surface area contributed by atoms with Gasteiger partial charge in [0.25, 0.3) is 5.91 Å². The van der Waals surface area contributed by atoms with Crippen LogP contribution >= 0.6 is 11.6 Å². The van der Waals surface area contributed by atoms with Crippen molar-refractivity contribution in [3.8, 4) is 5.75 Å². The number of carbonyl (C=O) groups is 1. The molecule has 4 rings (SSSR count). The Morgan fingerprint density at radius 3 is 3.12 bits per heavy atom. The first-order chi connectivity index (χ1) is 11.7. The first-order valence-corrected chi connectivity index (χ1v) is 8.48. The molecule has 0 spiro atoms. The smallest absolute Gasteiger partial charge is 0.253 e. The van der Waals surface area contributed by atoms with Crippen LogP contribution in [0.1, 0.15) is 24.4 Å². The lowest BCUT2D eigenvalue weighted by molar-refractivity contribution is -0.129. The van der Waals surface area contributed by atoms with Crippen molar-refractivity contribution in [1.82, 2.24) is 14.5 Å². The highest BCUT2D eigenvalue weighted by Crippen LogP contribution is 2.30. The van der Waals surface area contributed by atoms with Crippen LogP contribution in [0.15, 0.2) is 42.5 Å². The SMILES string of the molecule is O=C(C1=Cc2cc(Cl)ccc2OC1)N1CCCC(n2ccnc2)C1. The summed E-state index contributed by atoms with van der Waals surface area (Å²) in [5, 5.41) is 0.639. The summed E-state index contributed by atoms with van der Waals surface area (Å²) in [4.78, 5) is 18.9. The quantitative estimate of drug-likeness (QED) is 0.841. The number of imidazole rings is 1. The van der Waals surface area contributed by atoms with E-state index in [1.165, 1.54) is 0 Å². The van der Waals surface area contributed by atoms with Gasteiger partial charge in [0, 0.05) is 36.1 Å². The summed E-state index contributed by atoms with van der Waals surface area (Å²) in [5.74, 6) is 0.816. The van der Waals surface area contributed by atoms with Gasteiger partial charge in [-0.05, 0) is 37.1 Å². The van der Waals surface area contributed by atoms with E-state index in [1.54, 1.807) is 12.3 Å². The monoisotopic (exact) mass is 343 g/mol. The van der Waals surface area contributed by atoms with Gasteiger partial charge in [0.2, 0.25) is 0 Å². The van der Waals surface area contributed by atoms with Crippen LogP contribution in [0.25, 0.3) is 6.08 Å². The molecule has 5 nitrogen and oxygen atoms in total. The van der Waals surface area contributed by atoms with E-state index >= 15 is 0 Å². The van der Waals surface area contributed by atoms with E-state index < -0.39 is 0 Å². The predicted octanol–water partition coefficient (Wildman–Crippen LogP) is 3.18. The van der Waals surface area contributed by atoms with E-state index in [1.807, 2.05) is 35.6 Å². The van der Waals surface area contributed by atoms with Gasteiger partial charge < -0.3 is 14.2 Å². The van der Waals surface area contributed by atoms with Crippen molar-refractivity contribution >= 4 is 23.6 Å². The zero-order valence-corrected chi connectivity index (χ0v) is 13.9. The Hall–Kier alpha value is -2.27. The van der Waals surface area contributed by atoms with Gasteiger partial charge in [0.15, 0.2) is 0 Å². The zero-order chi connectivity index (χ0) is 16.5. The number of aromatic nitrogens is 2. The summed E-state index contributed by atoms with van der Waals surface area (Å²) in [7, 11) is 0. The molecule has 1 aromatic carbocycles. The number of carbonyl (C=O) groups excluding carboxylic acids is 1. The molecule has 0 N–H and O–H groups in total. The van der Waals surface area contributed by atoms with Gasteiger partial charge in [0.1, 0.15) is 12.4 Å². The summed E-state index contributed by atoms with van der Waals surface area (Å²) in [6, 6.07) is 5.75. The summed E-state index contributed by atoms with van der Waals surface area (Å²) in [6.45, 7) is 1.79. The third kappa shape index (κ3) is 2.91. The molecule has 2 aliphatic rings. The molecule has 3 heterocycles. The first-order valence-electron chi connectivity index (χ1n) is 8.10. The molecule has 124 valence electrons. The van der Waals surface area contributed by atoms with E-state index in [0.29, 0.717) is 23.7 Å². The minimum Gasteiger partial charge on any atom is -0.488 e. The highest BCUT2D eigenvalue weighted by molar-refractivity contribution is 6.30. The van der Waals surface area contributed by atoms with E-state index in [-0.39, 0.29) is 11.9 Å². The standard InChI is InChI=1S/C18H18ClN3O2/c19-15-3-4-17-13(9-15)8-14(11-24-17)18(23)21-6-1-2-16(10-21)22-7-5-20-12-22/h3-5,7-9,12,16H,1-2,6,10-11H2. The minimum absolute atomic E-state index is 0.0467. The van der Waals surface area contributed by atoms with Crippen LogP contribution < -0.4 is 4.74 Å². The number of ether oxygens (including phenoxy) is 1. The second kappa shape index (κ2) is 6.32. The number of benzene rings is 1. The summed E-state index contributed by atoms with van der Waals surface area (Å²) >= 11 is 6.04. The van der Waals surface area contributed by atoms with Gasteiger partial charge in [-0.2, -0.15) is 0 Å². The molecule has 2 aromatic rings. The molecule has 2 aliphatic heterocycles. The molecule has 1 amide bonds. The molecule has 6 heteroatoms. The van der Waals surface area contributed by atoms with Crippen molar-refractivity contribution in [3.63, 3.8) is 0 Å². The van der Waals surface area contributed by atoms with Crippen molar-refractivity contribution < 1.29 is 9.53 Å². The summed E-state index contributed by atoms with van der Waals surface area (Å²) in [6.07, 6.45) is 9.51. The van der Waals surface area contributed by atoms with Crippen molar-refractivity contribution in [2.75, 3.05) is 19.7 Å². The number of nitrogens with zero attached hydrogens (tertiary/aromatic N) is 3. The number of fused-ring (bicyclic) bond motifs is 1. The lowest BCUT2D eigenvalue weighted by Gasteiger charge is -2.34. The number of hydrogen-bond donors (Lipinski definition) is 0. The average Bonchev–Trinajstić information content (AvgIpc) is 3.15. The molecule has 0 aliphatic carbocycles. The minimum atomic E-state index is 0.0467. The van der Waals surface area contributed by atoms with E-state index in [9.17, 15) is 4.79 Å². The van der Waals surface area contributed by atoms with Crippen LogP contribution in [0.3, 0.4) is 0 Å². The second-order valence-electron chi connectivity index (χ2n) is 6.20. The number of piperidine rings is 1. The molecule has 0 saturated carbocycles. The summed E-state index contributed by atoms with van der Waals surface area (Å²) in [5.41, 5.74) is 1.54. The van der Waals surface area contributed by atoms with Gasteiger partial charge in [-0.1, -0.05) is 11.6 Å². The molecular weight excluding hydrogens is 326 g/mol. The Morgan fingerprint density at radius 2 is 2.29 bits per heavy atom. The van der Waals surface area contributed by atoms with Crippen LogP contribution in [0.2, 0.25) is 5.02 Å². The highest BCUT2D eigenvalue weighted by atomic mass is 35.5. The maximum absolute atomic E-state index is 12.9. The van der Waals surface area contributed by atoms with Gasteiger partial charge in [0.05, 0.1) is 17.9 Å². The maximum atomic E-state index is 12.9. The lowest BCUT2D eigenvalue weighted by atomic mass is 10.0. The third-order valence-electron chi connectivity index (χ3n) is 4.59. The predicted molar refractivity (Wildman–Crippen MR) is 92.0 cm³/mol. The fourth-order valence-corrected chi connectivity index (χ4v) is 3.52. The number of halogens is 1. The number of amides is 1. The topological polar surface area (TPSA) is 47.4 Å². The van der Waals surface area contributed by atoms with Crippen molar-refractivity contribution in [1.29, 1.82) is 0 Å². The largest absolute Gasteiger partial charge is 0.488 e. The van der Waals surface area contributed by atoms with Crippen LogP contribution in [-0.2, 0) is 4.79 Å². The molecule has 24 heavy (non-hydrogen) atoms. The lowest BCUT2D eigenvalue weighted by Crippen LogP contribution is -2.42. The van der Waals surface area contributed by atoms with Gasteiger partial charge in [-0.15, -0.1) is 0 Å². The number of rotatable bonds is 2.